The van der Waals surface area contributed by atoms with Crippen molar-refractivity contribution in [1.82, 2.24) is 20.2 Å². The van der Waals surface area contributed by atoms with E-state index < -0.39 is 0 Å². The van der Waals surface area contributed by atoms with Crippen LogP contribution in [0.2, 0.25) is 0 Å². The van der Waals surface area contributed by atoms with E-state index in [0.717, 1.165) is 31.8 Å². The number of amides is 2. The van der Waals surface area contributed by atoms with Gasteiger partial charge in [-0.3, -0.25) is 0 Å². The van der Waals surface area contributed by atoms with Gasteiger partial charge in [0.25, 0.3) is 0 Å². The average Bonchev–Trinajstić information content (AvgIpc) is 3.28. The molecule has 2 aromatic rings. The van der Waals surface area contributed by atoms with Crippen molar-refractivity contribution >= 4 is 6.03 Å². The Labute approximate surface area is 143 Å². The van der Waals surface area contributed by atoms with Crippen LogP contribution in [0.1, 0.15) is 36.6 Å². The summed E-state index contributed by atoms with van der Waals surface area (Å²) in [4.78, 5) is 16.0. The predicted octanol–water partition coefficient (Wildman–Crippen LogP) is 3.07. The third-order valence-electron chi connectivity index (χ3n) is 4.71. The van der Waals surface area contributed by atoms with Gasteiger partial charge >= 0.3 is 6.03 Å². The molecule has 0 aliphatic heterocycles. The van der Waals surface area contributed by atoms with E-state index in [4.69, 9.17) is 0 Å². The van der Waals surface area contributed by atoms with Crippen molar-refractivity contribution in [3.05, 3.63) is 54.1 Å². The molecule has 2 amide bonds. The smallest absolute Gasteiger partial charge is 0.314 e. The van der Waals surface area contributed by atoms with Crippen LogP contribution in [0.15, 0.2) is 42.7 Å². The highest BCUT2D eigenvalue weighted by Gasteiger charge is 2.37. The molecule has 0 radical (unpaired) electrons. The molecule has 1 aromatic carbocycles. The molecule has 0 bridgehead atoms. The Bertz CT molecular complexity index is 652. The quantitative estimate of drug-likeness (QED) is 0.733. The Morgan fingerprint density at radius 3 is 2.83 bits per heavy atom. The first-order chi connectivity index (χ1) is 11.7. The van der Waals surface area contributed by atoms with Crippen LogP contribution in [-0.2, 0) is 6.54 Å². The Morgan fingerprint density at radius 2 is 2.08 bits per heavy atom. The summed E-state index contributed by atoms with van der Waals surface area (Å²) in [6.45, 7) is 4.44. The minimum Gasteiger partial charge on any atom is -0.338 e. The molecular weight excluding hydrogens is 300 g/mol. The van der Waals surface area contributed by atoms with E-state index in [1.54, 1.807) is 0 Å². The summed E-state index contributed by atoms with van der Waals surface area (Å²) in [7, 11) is 0. The minimum atomic E-state index is -0.0486. The number of hydrogen-bond acceptors (Lipinski definition) is 2. The largest absolute Gasteiger partial charge is 0.338 e. The molecule has 1 aliphatic rings. The second-order valence-electron chi connectivity index (χ2n) is 6.52. The van der Waals surface area contributed by atoms with Gasteiger partial charge in [0.15, 0.2) is 0 Å². The molecule has 0 saturated heterocycles. The first-order valence-electron chi connectivity index (χ1n) is 8.78. The van der Waals surface area contributed by atoms with Crippen molar-refractivity contribution in [1.29, 1.82) is 0 Å². The lowest BCUT2D eigenvalue weighted by molar-refractivity contribution is 0.240. The van der Waals surface area contributed by atoms with E-state index in [1.165, 1.54) is 12.0 Å². The number of benzene rings is 1. The molecular formula is C19H26N4O. The second-order valence-corrected chi connectivity index (χ2v) is 6.52. The topological polar surface area (TPSA) is 59.0 Å². The van der Waals surface area contributed by atoms with Crippen LogP contribution in [0, 0.1) is 12.8 Å². The summed E-state index contributed by atoms with van der Waals surface area (Å²) in [5.41, 5.74) is 1.39. The summed E-state index contributed by atoms with van der Waals surface area (Å²) in [5, 5.41) is 5.93. The SMILES string of the molecule is Cc1nccn1CCCCNC(=O)NCC1CC1c1ccccc1. The van der Waals surface area contributed by atoms with Gasteiger partial charge in [-0.2, -0.15) is 0 Å². The maximum Gasteiger partial charge on any atom is 0.314 e. The van der Waals surface area contributed by atoms with Crippen LogP contribution < -0.4 is 10.6 Å². The predicted molar refractivity (Wildman–Crippen MR) is 94.9 cm³/mol. The zero-order valence-electron chi connectivity index (χ0n) is 14.2. The molecule has 5 nitrogen and oxygen atoms in total. The molecule has 24 heavy (non-hydrogen) atoms. The van der Waals surface area contributed by atoms with E-state index in [2.05, 4.69) is 44.5 Å². The van der Waals surface area contributed by atoms with Crippen LogP contribution in [0.25, 0.3) is 0 Å². The molecule has 5 heteroatoms. The monoisotopic (exact) mass is 326 g/mol. The number of urea groups is 1. The number of hydrogen-bond donors (Lipinski definition) is 2. The van der Waals surface area contributed by atoms with Crippen LogP contribution in [0.3, 0.4) is 0 Å². The molecule has 2 atom stereocenters. The molecule has 2 N–H and O–H groups in total. The standard InChI is InChI=1S/C19H26N4O/c1-15-20-10-12-23(15)11-6-5-9-21-19(24)22-14-17-13-18(17)16-7-3-2-4-8-16/h2-4,7-8,10,12,17-18H,5-6,9,11,13-14H2,1H3,(H2,21,22,24). The van der Waals surface area contributed by atoms with Crippen LogP contribution in [0.4, 0.5) is 4.79 Å². The highest BCUT2D eigenvalue weighted by atomic mass is 16.2. The van der Waals surface area contributed by atoms with Gasteiger partial charge in [0.2, 0.25) is 0 Å². The lowest BCUT2D eigenvalue weighted by Gasteiger charge is -2.08. The van der Waals surface area contributed by atoms with Gasteiger partial charge in [-0.15, -0.1) is 0 Å². The lowest BCUT2D eigenvalue weighted by atomic mass is 10.1. The normalized spacial score (nSPS) is 19.0. The van der Waals surface area contributed by atoms with Crippen molar-refractivity contribution in [3.8, 4) is 0 Å². The molecule has 3 rings (SSSR count). The minimum absolute atomic E-state index is 0.0486. The first-order valence-corrected chi connectivity index (χ1v) is 8.78. The molecule has 1 aliphatic carbocycles. The number of nitrogens with one attached hydrogen (secondary N) is 2. The number of nitrogens with zero attached hydrogens (tertiary/aromatic N) is 2. The number of unbranched alkanes of at least 4 members (excludes halogenated alkanes) is 1. The summed E-state index contributed by atoms with van der Waals surface area (Å²) in [5.74, 6) is 2.24. The van der Waals surface area contributed by atoms with Crippen molar-refractivity contribution in [3.63, 3.8) is 0 Å². The third-order valence-corrected chi connectivity index (χ3v) is 4.71. The summed E-state index contributed by atoms with van der Waals surface area (Å²) >= 11 is 0. The number of imidazole rings is 1. The van der Waals surface area contributed by atoms with Gasteiger partial charge in [-0.05, 0) is 43.6 Å². The molecule has 128 valence electrons. The average molecular weight is 326 g/mol. The molecule has 1 saturated carbocycles. The first kappa shape index (κ1) is 16.6. The van der Waals surface area contributed by atoms with Gasteiger partial charge in [0, 0.05) is 32.0 Å². The Morgan fingerprint density at radius 1 is 1.25 bits per heavy atom. The number of rotatable bonds is 8. The fourth-order valence-corrected chi connectivity index (χ4v) is 3.12. The zero-order chi connectivity index (χ0) is 16.8. The van der Waals surface area contributed by atoms with Crippen LogP contribution in [0.5, 0.6) is 0 Å². The summed E-state index contributed by atoms with van der Waals surface area (Å²) in [6.07, 6.45) is 7.00. The lowest BCUT2D eigenvalue weighted by Crippen LogP contribution is -2.37. The van der Waals surface area contributed by atoms with Gasteiger partial charge in [-0.25, -0.2) is 9.78 Å². The van der Waals surface area contributed by atoms with Crippen molar-refractivity contribution in [2.75, 3.05) is 13.1 Å². The number of carbonyl (C=O) groups excluding carboxylic acids is 1. The molecule has 1 fully saturated rings. The number of carbonyl (C=O) groups is 1. The second kappa shape index (κ2) is 7.99. The zero-order valence-corrected chi connectivity index (χ0v) is 14.2. The maximum atomic E-state index is 11.8. The molecule has 2 unspecified atom stereocenters. The highest BCUT2D eigenvalue weighted by Crippen LogP contribution is 2.46. The van der Waals surface area contributed by atoms with Crippen molar-refractivity contribution in [2.45, 2.75) is 38.6 Å². The number of aryl methyl sites for hydroxylation is 2. The van der Waals surface area contributed by atoms with Gasteiger partial charge in [0.1, 0.15) is 5.82 Å². The fraction of sp³-hybridized carbons (Fsp3) is 0.474. The Kier molecular flexibility index (Phi) is 5.51. The summed E-state index contributed by atoms with van der Waals surface area (Å²) < 4.78 is 2.14. The van der Waals surface area contributed by atoms with Gasteiger partial charge in [0.05, 0.1) is 0 Å². The third kappa shape index (κ3) is 4.60. The fourth-order valence-electron chi connectivity index (χ4n) is 3.12. The van der Waals surface area contributed by atoms with E-state index in [0.29, 0.717) is 18.4 Å². The molecule has 1 aromatic heterocycles. The van der Waals surface area contributed by atoms with Gasteiger partial charge < -0.3 is 15.2 Å². The highest BCUT2D eigenvalue weighted by molar-refractivity contribution is 5.73. The van der Waals surface area contributed by atoms with Crippen LogP contribution >= 0.6 is 0 Å². The van der Waals surface area contributed by atoms with Crippen molar-refractivity contribution in [2.24, 2.45) is 5.92 Å². The number of aromatic nitrogens is 2. The van der Waals surface area contributed by atoms with Crippen molar-refractivity contribution < 1.29 is 4.79 Å². The Hall–Kier alpha value is -2.30. The van der Waals surface area contributed by atoms with E-state index in [1.807, 2.05) is 25.4 Å². The molecule has 1 heterocycles. The van der Waals surface area contributed by atoms with E-state index in [9.17, 15) is 4.79 Å². The summed E-state index contributed by atoms with van der Waals surface area (Å²) in [6, 6.07) is 10.5. The van der Waals surface area contributed by atoms with E-state index in [-0.39, 0.29) is 6.03 Å². The van der Waals surface area contributed by atoms with E-state index >= 15 is 0 Å². The maximum absolute atomic E-state index is 11.8. The van der Waals surface area contributed by atoms with Gasteiger partial charge in [-0.1, -0.05) is 30.3 Å². The van der Waals surface area contributed by atoms with Crippen LogP contribution in [-0.4, -0.2) is 28.7 Å². The Balaban J connectivity index is 1.24. The molecule has 0 spiro atoms.